The van der Waals surface area contributed by atoms with Gasteiger partial charge in [-0.25, -0.2) is 0 Å². The molecule has 4 nitrogen and oxygen atoms in total. The first-order valence-electron chi connectivity index (χ1n) is 12.2. The van der Waals surface area contributed by atoms with E-state index in [1.807, 2.05) is 0 Å². The van der Waals surface area contributed by atoms with Crippen molar-refractivity contribution < 1.29 is 19.7 Å². The van der Waals surface area contributed by atoms with Crippen molar-refractivity contribution in [1.29, 1.82) is 0 Å². The molecular weight excluding hydrogens is 364 g/mol. The predicted octanol–water partition coefficient (Wildman–Crippen LogP) is 4.57. The Labute approximate surface area is 176 Å². The quantitative estimate of drug-likeness (QED) is 0.671. The highest BCUT2D eigenvalue weighted by Crippen LogP contribution is 2.68. The molecule has 0 amide bonds. The Balaban J connectivity index is 1.58. The van der Waals surface area contributed by atoms with E-state index in [9.17, 15) is 15.0 Å². The van der Waals surface area contributed by atoms with Crippen LogP contribution in [0.25, 0.3) is 0 Å². The summed E-state index contributed by atoms with van der Waals surface area (Å²) in [6, 6.07) is 0. The lowest BCUT2D eigenvalue weighted by atomic mass is 9.43. The normalized spacial score (nSPS) is 50.2. The number of fused-ring (bicyclic) bond motifs is 5. The van der Waals surface area contributed by atoms with E-state index < -0.39 is 0 Å². The predicted molar refractivity (Wildman–Crippen MR) is 113 cm³/mol. The summed E-state index contributed by atoms with van der Waals surface area (Å²) >= 11 is 0. The van der Waals surface area contributed by atoms with E-state index in [0.717, 1.165) is 32.1 Å². The molecule has 4 saturated carbocycles. The van der Waals surface area contributed by atoms with E-state index in [4.69, 9.17) is 4.74 Å². The van der Waals surface area contributed by atoms with E-state index in [2.05, 4.69) is 20.8 Å². The Hall–Kier alpha value is -0.610. The summed E-state index contributed by atoms with van der Waals surface area (Å²) in [6.07, 6.45) is 9.92. The van der Waals surface area contributed by atoms with Gasteiger partial charge in [-0.05, 0) is 91.3 Å². The van der Waals surface area contributed by atoms with Crippen molar-refractivity contribution in [3.8, 4) is 0 Å². The van der Waals surface area contributed by atoms with Crippen LogP contribution in [0, 0.1) is 46.3 Å². The number of aliphatic hydroxyl groups excluding tert-OH is 2. The molecule has 0 spiro atoms. The minimum Gasteiger partial charge on any atom is -0.469 e. The third-order valence-electron chi connectivity index (χ3n) is 10.5. The fourth-order valence-corrected chi connectivity index (χ4v) is 8.84. The van der Waals surface area contributed by atoms with Crippen LogP contribution < -0.4 is 0 Å². The number of carbonyl (C=O) groups is 1. The first-order chi connectivity index (χ1) is 13.7. The molecule has 0 aromatic rings. The lowest BCUT2D eigenvalue weighted by molar-refractivity contribution is -0.201. The van der Waals surface area contributed by atoms with Gasteiger partial charge in [0.2, 0.25) is 0 Å². The van der Waals surface area contributed by atoms with Gasteiger partial charge in [0.1, 0.15) is 0 Å². The van der Waals surface area contributed by atoms with E-state index in [-0.39, 0.29) is 23.6 Å². The number of hydrogen-bond donors (Lipinski definition) is 2. The molecular formula is C25H42O4. The maximum atomic E-state index is 11.7. The summed E-state index contributed by atoms with van der Waals surface area (Å²) in [4.78, 5) is 11.7. The first kappa shape index (κ1) is 21.6. The molecule has 0 aromatic carbocycles. The number of carbonyl (C=O) groups excluding carboxylic acids is 1. The number of aliphatic hydroxyl groups is 2. The van der Waals surface area contributed by atoms with Crippen LogP contribution in [-0.4, -0.2) is 35.5 Å². The van der Waals surface area contributed by atoms with Gasteiger partial charge in [-0.3, -0.25) is 4.79 Å². The van der Waals surface area contributed by atoms with Gasteiger partial charge in [0.15, 0.2) is 0 Å². The summed E-state index contributed by atoms with van der Waals surface area (Å²) in [5, 5.41) is 22.8. The molecule has 4 aliphatic carbocycles. The van der Waals surface area contributed by atoms with Gasteiger partial charge in [-0.1, -0.05) is 33.6 Å². The Morgan fingerprint density at radius 2 is 1.86 bits per heavy atom. The fraction of sp³-hybridized carbons (Fsp3) is 0.960. The third kappa shape index (κ3) is 3.28. The number of methoxy groups -OCH3 is 1. The van der Waals surface area contributed by atoms with Crippen LogP contribution in [0.3, 0.4) is 0 Å². The van der Waals surface area contributed by atoms with Crippen LogP contribution in [0.5, 0.6) is 0 Å². The van der Waals surface area contributed by atoms with Gasteiger partial charge in [0.05, 0.1) is 19.3 Å². The second-order valence-electron chi connectivity index (χ2n) is 11.4. The van der Waals surface area contributed by atoms with Crippen LogP contribution in [0.1, 0.15) is 85.0 Å². The van der Waals surface area contributed by atoms with Crippen LogP contribution in [-0.2, 0) is 9.53 Å². The molecule has 0 bridgehead atoms. The van der Waals surface area contributed by atoms with Crippen molar-refractivity contribution in [3.63, 3.8) is 0 Å². The fourth-order valence-electron chi connectivity index (χ4n) is 8.84. The largest absolute Gasteiger partial charge is 0.469 e. The zero-order chi connectivity index (χ0) is 21.0. The number of ether oxygens (including phenoxy) is 1. The smallest absolute Gasteiger partial charge is 0.305 e. The number of esters is 1. The second-order valence-corrected chi connectivity index (χ2v) is 11.4. The topological polar surface area (TPSA) is 66.8 Å². The molecule has 0 heterocycles. The molecule has 0 aliphatic heterocycles. The standard InChI is InChI=1S/C25H42O4/c1-15(8-11-22(28)29-4)17-9-10-18-23-19(14-21(27)25(17,18)3)24(2)12-6-5-7-16(24)13-20(23)26/h15-21,23,26-27H,5-14H2,1-4H3/t15-,16-,17-,18+,19+,20-,21-,23+,24+,25-/m1/s1. The molecule has 4 fully saturated rings. The Morgan fingerprint density at radius 3 is 2.59 bits per heavy atom. The van der Waals surface area contributed by atoms with Gasteiger partial charge in [-0.15, -0.1) is 0 Å². The van der Waals surface area contributed by atoms with Gasteiger partial charge in [0.25, 0.3) is 0 Å². The van der Waals surface area contributed by atoms with E-state index in [0.29, 0.717) is 47.3 Å². The van der Waals surface area contributed by atoms with Crippen molar-refractivity contribution in [3.05, 3.63) is 0 Å². The SMILES string of the molecule is COC(=O)CC[C@@H](C)[C@H]1CC[C@H]2[C@@H]3[C@H](O)C[C@H]4CCCC[C@]4(C)[C@H]3C[C@@H](O)[C@]12C. The molecule has 0 aromatic heterocycles. The van der Waals surface area contributed by atoms with Crippen LogP contribution >= 0.6 is 0 Å². The minimum atomic E-state index is -0.300. The van der Waals surface area contributed by atoms with Crippen molar-refractivity contribution in [1.82, 2.24) is 0 Å². The van der Waals surface area contributed by atoms with Gasteiger partial charge in [0, 0.05) is 6.42 Å². The maximum Gasteiger partial charge on any atom is 0.305 e. The average molecular weight is 407 g/mol. The van der Waals surface area contributed by atoms with E-state index >= 15 is 0 Å². The summed E-state index contributed by atoms with van der Waals surface area (Å²) in [6.45, 7) is 7.02. The molecule has 4 heteroatoms. The summed E-state index contributed by atoms with van der Waals surface area (Å²) in [5.74, 6) is 2.47. The van der Waals surface area contributed by atoms with E-state index in [1.54, 1.807) is 0 Å². The van der Waals surface area contributed by atoms with Crippen LogP contribution in [0.15, 0.2) is 0 Å². The lowest BCUT2D eigenvalue weighted by Crippen LogP contribution is -2.61. The zero-order valence-corrected chi connectivity index (χ0v) is 18.9. The van der Waals surface area contributed by atoms with Gasteiger partial charge < -0.3 is 14.9 Å². The zero-order valence-electron chi connectivity index (χ0n) is 18.9. The molecule has 10 atom stereocenters. The van der Waals surface area contributed by atoms with Crippen molar-refractivity contribution in [2.24, 2.45) is 46.3 Å². The van der Waals surface area contributed by atoms with Crippen LogP contribution in [0.2, 0.25) is 0 Å². The second kappa shape index (κ2) is 7.82. The molecule has 0 unspecified atom stereocenters. The van der Waals surface area contributed by atoms with E-state index in [1.165, 1.54) is 32.8 Å². The molecule has 29 heavy (non-hydrogen) atoms. The highest BCUT2D eigenvalue weighted by molar-refractivity contribution is 5.69. The molecule has 0 radical (unpaired) electrons. The first-order valence-corrected chi connectivity index (χ1v) is 12.2. The molecule has 4 aliphatic rings. The van der Waals surface area contributed by atoms with Crippen molar-refractivity contribution >= 4 is 5.97 Å². The average Bonchev–Trinajstić information content (AvgIpc) is 3.05. The maximum absolute atomic E-state index is 11.7. The van der Waals surface area contributed by atoms with Gasteiger partial charge in [-0.2, -0.15) is 0 Å². The lowest BCUT2D eigenvalue weighted by Gasteiger charge is -2.63. The summed E-state index contributed by atoms with van der Waals surface area (Å²) in [7, 11) is 1.45. The van der Waals surface area contributed by atoms with Crippen molar-refractivity contribution in [2.45, 2.75) is 97.2 Å². The number of rotatable bonds is 4. The summed E-state index contributed by atoms with van der Waals surface area (Å²) < 4.78 is 4.84. The third-order valence-corrected chi connectivity index (χ3v) is 10.5. The van der Waals surface area contributed by atoms with Crippen molar-refractivity contribution in [2.75, 3.05) is 7.11 Å². The Bertz CT molecular complexity index is 620. The minimum absolute atomic E-state index is 0.139. The molecule has 166 valence electrons. The monoisotopic (exact) mass is 406 g/mol. The van der Waals surface area contributed by atoms with Gasteiger partial charge >= 0.3 is 5.97 Å². The molecule has 2 N–H and O–H groups in total. The van der Waals surface area contributed by atoms with Crippen LogP contribution in [0.4, 0.5) is 0 Å². The highest BCUT2D eigenvalue weighted by Gasteiger charge is 2.65. The Morgan fingerprint density at radius 1 is 1.10 bits per heavy atom. The number of hydrogen-bond acceptors (Lipinski definition) is 4. The summed E-state index contributed by atoms with van der Waals surface area (Å²) in [5.41, 5.74) is 0.147. The Kier molecular flexibility index (Phi) is 5.83. The highest BCUT2D eigenvalue weighted by atomic mass is 16.5. The molecule has 0 saturated heterocycles. The molecule has 4 rings (SSSR count).